The third kappa shape index (κ3) is 3.87. The van der Waals surface area contributed by atoms with Gasteiger partial charge in [-0.3, -0.25) is 9.98 Å². The van der Waals surface area contributed by atoms with Crippen molar-refractivity contribution in [2.45, 2.75) is 19.8 Å². The van der Waals surface area contributed by atoms with Crippen molar-refractivity contribution >= 4 is 34.2 Å². The van der Waals surface area contributed by atoms with Crippen molar-refractivity contribution in [2.24, 2.45) is 4.99 Å². The van der Waals surface area contributed by atoms with E-state index < -0.39 is 0 Å². The highest BCUT2D eigenvalue weighted by molar-refractivity contribution is 5.96. The van der Waals surface area contributed by atoms with Gasteiger partial charge < -0.3 is 5.32 Å². The number of aliphatic imine (C=N–C) groups is 1. The van der Waals surface area contributed by atoms with E-state index >= 15 is 0 Å². The van der Waals surface area contributed by atoms with Crippen molar-refractivity contribution in [2.75, 3.05) is 5.32 Å². The van der Waals surface area contributed by atoms with E-state index in [1.165, 1.54) is 11.1 Å². The molecule has 3 aromatic heterocycles. The number of pyridine rings is 2. The Balaban J connectivity index is 1.43. The summed E-state index contributed by atoms with van der Waals surface area (Å²) in [6.45, 7) is 2.13. The van der Waals surface area contributed by atoms with Gasteiger partial charge in [0.2, 0.25) is 0 Å². The van der Waals surface area contributed by atoms with Gasteiger partial charge in [-0.05, 0) is 59.8 Å². The van der Waals surface area contributed by atoms with Crippen LogP contribution in [0.2, 0.25) is 0 Å². The van der Waals surface area contributed by atoms with Crippen LogP contribution in [0.4, 0.5) is 17.2 Å². The van der Waals surface area contributed by atoms with E-state index in [4.69, 9.17) is 11.4 Å². The van der Waals surface area contributed by atoms with E-state index in [9.17, 15) is 0 Å². The zero-order valence-electron chi connectivity index (χ0n) is 19.7. The number of benzene rings is 2. The number of aromatic nitrogens is 4. The first kappa shape index (κ1) is 21.6. The van der Waals surface area contributed by atoms with Gasteiger partial charge in [-0.25, -0.2) is 15.0 Å². The third-order valence-corrected chi connectivity index (χ3v) is 6.48. The van der Waals surface area contributed by atoms with Crippen LogP contribution in [0.25, 0.3) is 22.0 Å². The lowest BCUT2D eigenvalue weighted by molar-refractivity contribution is 1.05. The number of terminal acetylenes is 1. The van der Waals surface area contributed by atoms with Crippen molar-refractivity contribution in [3.63, 3.8) is 0 Å². The second kappa shape index (κ2) is 9.05. The van der Waals surface area contributed by atoms with Crippen LogP contribution in [0.5, 0.6) is 0 Å². The van der Waals surface area contributed by atoms with Gasteiger partial charge in [0, 0.05) is 53.7 Å². The molecule has 5 aromatic rings. The fraction of sp³-hybridized carbons (Fsp3) is 0.100. The van der Waals surface area contributed by atoms with Crippen LogP contribution in [0, 0.1) is 19.3 Å². The quantitative estimate of drug-likeness (QED) is 0.323. The standard InChI is InChI=1S/C30H22N6/c1-3-20-6-4-7-21(16-20)36-30-23-10-9-19(2)25(22(23)11-14-33-30)17-27-24(8-5-13-31-27)28-29-26(12-15-32-29)34-18-35-28/h1,4-11,13-16,18H,12,17H2,2H3,(H,33,36). The largest absolute Gasteiger partial charge is 0.340 e. The van der Waals surface area contributed by atoms with Gasteiger partial charge in [0.05, 0.1) is 11.4 Å². The van der Waals surface area contributed by atoms with Crippen LogP contribution >= 0.6 is 0 Å². The van der Waals surface area contributed by atoms with E-state index in [0.717, 1.165) is 62.6 Å². The first-order chi connectivity index (χ1) is 17.7. The number of aryl methyl sites for hydroxylation is 1. The van der Waals surface area contributed by atoms with Gasteiger partial charge in [0.1, 0.15) is 23.5 Å². The van der Waals surface area contributed by atoms with Crippen LogP contribution in [-0.2, 0) is 12.8 Å². The summed E-state index contributed by atoms with van der Waals surface area (Å²) in [4.78, 5) is 22.9. The van der Waals surface area contributed by atoms with Crippen LogP contribution < -0.4 is 5.32 Å². The molecule has 0 saturated heterocycles. The Kier molecular flexibility index (Phi) is 5.44. The fourth-order valence-corrected chi connectivity index (χ4v) is 4.67. The normalized spacial score (nSPS) is 11.9. The minimum atomic E-state index is 0.651. The van der Waals surface area contributed by atoms with Gasteiger partial charge >= 0.3 is 0 Å². The molecule has 0 aliphatic carbocycles. The number of anilines is 2. The summed E-state index contributed by atoms with van der Waals surface area (Å²) in [6.07, 6.45) is 14.1. The molecule has 0 radical (unpaired) electrons. The van der Waals surface area contributed by atoms with Crippen LogP contribution in [0.15, 0.2) is 78.3 Å². The fourth-order valence-electron chi connectivity index (χ4n) is 4.67. The van der Waals surface area contributed by atoms with Gasteiger partial charge in [-0.1, -0.05) is 24.1 Å². The van der Waals surface area contributed by atoms with Crippen molar-refractivity contribution in [1.29, 1.82) is 0 Å². The SMILES string of the molecule is C#Cc1cccc(Nc2nccc3c(Cc4ncccc4-c4ncnc5c4N=CC5)c(C)ccc23)c1. The number of rotatable bonds is 5. The van der Waals surface area contributed by atoms with Gasteiger partial charge in [-0.2, -0.15) is 0 Å². The summed E-state index contributed by atoms with van der Waals surface area (Å²) in [5.74, 6) is 3.47. The summed E-state index contributed by atoms with van der Waals surface area (Å²) in [6, 6.07) is 18.1. The molecule has 1 aliphatic heterocycles. The van der Waals surface area contributed by atoms with Crippen LogP contribution in [-0.4, -0.2) is 26.2 Å². The van der Waals surface area contributed by atoms with E-state index in [2.05, 4.69) is 62.4 Å². The lowest BCUT2D eigenvalue weighted by Gasteiger charge is -2.15. The molecule has 1 N–H and O–H groups in total. The summed E-state index contributed by atoms with van der Waals surface area (Å²) < 4.78 is 0. The Morgan fingerprint density at radius 1 is 0.944 bits per heavy atom. The van der Waals surface area contributed by atoms with E-state index in [1.54, 1.807) is 6.33 Å². The Morgan fingerprint density at radius 3 is 2.81 bits per heavy atom. The highest BCUT2D eigenvalue weighted by Crippen LogP contribution is 2.36. The molecular weight excluding hydrogens is 444 g/mol. The molecule has 6 rings (SSSR count). The van der Waals surface area contributed by atoms with Crippen molar-refractivity contribution in [1.82, 2.24) is 19.9 Å². The van der Waals surface area contributed by atoms with Crippen LogP contribution in [0.3, 0.4) is 0 Å². The van der Waals surface area contributed by atoms with Crippen molar-refractivity contribution < 1.29 is 0 Å². The maximum Gasteiger partial charge on any atom is 0.138 e. The van der Waals surface area contributed by atoms with E-state index in [-0.39, 0.29) is 0 Å². The first-order valence-electron chi connectivity index (χ1n) is 11.7. The second-order valence-corrected chi connectivity index (χ2v) is 8.67. The minimum absolute atomic E-state index is 0.651. The number of hydrogen-bond donors (Lipinski definition) is 1. The molecule has 0 saturated carbocycles. The predicted molar refractivity (Wildman–Crippen MR) is 144 cm³/mol. The summed E-state index contributed by atoms with van der Waals surface area (Å²) >= 11 is 0. The summed E-state index contributed by atoms with van der Waals surface area (Å²) in [7, 11) is 0. The Morgan fingerprint density at radius 2 is 1.89 bits per heavy atom. The number of nitrogens with zero attached hydrogens (tertiary/aromatic N) is 5. The molecule has 6 nitrogen and oxygen atoms in total. The average molecular weight is 467 g/mol. The monoisotopic (exact) mass is 466 g/mol. The molecule has 2 aromatic carbocycles. The predicted octanol–water partition coefficient (Wildman–Crippen LogP) is 5.97. The Hall–Kier alpha value is -4.89. The van der Waals surface area contributed by atoms with Crippen molar-refractivity contribution in [3.8, 4) is 23.6 Å². The van der Waals surface area contributed by atoms with Crippen LogP contribution in [0.1, 0.15) is 28.1 Å². The second-order valence-electron chi connectivity index (χ2n) is 8.67. The minimum Gasteiger partial charge on any atom is -0.340 e. The zero-order chi connectivity index (χ0) is 24.5. The van der Waals surface area contributed by atoms with Gasteiger partial charge in [-0.15, -0.1) is 6.42 Å². The molecule has 0 atom stereocenters. The average Bonchev–Trinajstić information content (AvgIpc) is 3.40. The van der Waals surface area contributed by atoms with E-state index in [1.807, 2.05) is 48.9 Å². The molecule has 0 unspecified atom stereocenters. The molecule has 0 spiro atoms. The first-order valence-corrected chi connectivity index (χ1v) is 11.7. The summed E-state index contributed by atoms with van der Waals surface area (Å²) in [5.41, 5.74) is 8.65. The summed E-state index contributed by atoms with van der Waals surface area (Å²) in [5, 5.41) is 5.61. The maximum absolute atomic E-state index is 5.58. The number of hydrogen-bond acceptors (Lipinski definition) is 6. The highest BCUT2D eigenvalue weighted by atomic mass is 15.0. The van der Waals surface area contributed by atoms with Crippen molar-refractivity contribution in [3.05, 3.63) is 101 Å². The molecule has 0 bridgehead atoms. The third-order valence-electron chi connectivity index (χ3n) is 6.48. The molecule has 6 heteroatoms. The molecule has 4 heterocycles. The van der Waals surface area contributed by atoms with Gasteiger partial charge in [0.15, 0.2) is 0 Å². The highest BCUT2D eigenvalue weighted by Gasteiger charge is 2.19. The van der Waals surface area contributed by atoms with Gasteiger partial charge in [0.25, 0.3) is 0 Å². The molecule has 0 amide bonds. The molecular formula is C30H22N6. The molecule has 36 heavy (non-hydrogen) atoms. The Bertz CT molecular complexity index is 1700. The smallest absolute Gasteiger partial charge is 0.138 e. The zero-order valence-corrected chi connectivity index (χ0v) is 19.7. The van der Waals surface area contributed by atoms with E-state index in [0.29, 0.717) is 6.42 Å². The molecule has 172 valence electrons. The number of fused-ring (bicyclic) bond motifs is 2. The molecule has 1 aliphatic rings. The topological polar surface area (TPSA) is 76.0 Å². The lowest BCUT2D eigenvalue weighted by Crippen LogP contribution is -2.02. The Labute approximate surface area is 209 Å². The molecule has 0 fully saturated rings. The maximum atomic E-state index is 5.58. The number of nitrogens with one attached hydrogen (secondary N) is 1. The lowest BCUT2D eigenvalue weighted by atomic mass is 9.94.